The number of hydrogen-bond donors (Lipinski definition) is 1. The van der Waals surface area contributed by atoms with Gasteiger partial charge in [-0.2, -0.15) is 0 Å². The predicted molar refractivity (Wildman–Crippen MR) is 111 cm³/mol. The van der Waals surface area contributed by atoms with E-state index < -0.39 is 0 Å². The lowest BCUT2D eigenvalue weighted by Crippen LogP contribution is -2.46. The zero-order chi connectivity index (χ0) is 19.2. The van der Waals surface area contributed by atoms with Gasteiger partial charge in [0, 0.05) is 43.8 Å². The maximum Gasteiger partial charge on any atom is 0.213 e. The summed E-state index contributed by atoms with van der Waals surface area (Å²) in [5.41, 5.74) is 0.589. The fourth-order valence-corrected chi connectivity index (χ4v) is 3.55. The molecule has 0 saturated carbocycles. The molecule has 3 aromatic rings. The van der Waals surface area contributed by atoms with Crippen LogP contribution >= 0.6 is 0 Å². The minimum Gasteiger partial charge on any atom is -0.506 e. The molecule has 1 aromatic carbocycles. The first-order valence-electron chi connectivity index (χ1n) is 9.89. The summed E-state index contributed by atoms with van der Waals surface area (Å²) in [7, 11) is 0. The third kappa shape index (κ3) is 4.51. The second-order valence-corrected chi connectivity index (χ2v) is 7.07. The standard InChI is InChI=1S/C22H26N4O2/c27-19-7-5-6-18-9-10-21(24-22(18)19)28-17-4-3-12-25-13-15-26(16-14-25)20-8-1-2-11-23-20/h1-2,5-11,27H,3-4,12-17H2. The summed E-state index contributed by atoms with van der Waals surface area (Å²) in [6.07, 6.45) is 3.94. The predicted octanol–water partition coefficient (Wildman–Crippen LogP) is 3.32. The number of aromatic nitrogens is 2. The fraction of sp³-hybridized carbons (Fsp3) is 0.364. The second kappa shape index (κ2) is 8.89. The van der Waals surface area contributed by atoms with E-state index in [9.17, 15) is 5.11 Å². The molecule has 6 heteroatoms. The number of unbranched alkanes of at least 4 members (excludes halogenated alkanes) is 1. The van der Waals surface area contributed by atoms with Crippen molar-refractivity contribution in [2.45, 2.75) is 12.8 Å². The van der Waals surface area contributed by atoms with Crippen molar-refractivity contribution in [1.82, 2.24) is 14.9 Å². The van der Waals surface area contributed by atoms with Gasteiger partial charge in [-0.25, -0.2) is 9.97 Å². The molecule has 0 amide bonds. The Labute approximate surface area is 165 Å². The van der Waals surface area contributed by atoms with Crippen molar-refractivity contribution in [3.05, 3.63) is 54.7 Å². The van der Waals surface area contributed by atoms with Crippen LogP contribution in [0.15, 0.2) is 54.7 Å². The molecule has 0 radical (unpaired) electrons. The van der Waals surface area contributed by atoms with Gasteiger partial charge in [-0.15, -0.1) is 0 Å². The number of aromatic hydroxyl groups is 1. The largest absolute Gasteiger partial charge is 0.506 e. The van der Waals surface area contributed by atoms with Gasteiger partial charge in [-0.05, 0) is 43.7 Å². The Hall–Kier alpha value is -2.86. The number of ether oxygens (including phenoxy) is 1. The second-order valence-electron chi connectivity index (χ2n) is 7.07. The number of para-hydroxylation sites is 1. The lowest BCUT2D eigenvalue weighted by atomic mass is 10.2. The molecule has 1 N–H and O–H groups in total. The molecule has 0 unspecified atom stereocenters. The van der Waals surface area contributed by atoms with Gasteiger partial charge in [0.1, 0.15) is 17.1 Å². The van der Waals surface area contributed by atoms with Crippen LogP contribution in [0, 0.1) is 0 Å². The Bertz CT molecular complexity index is 895. The molecule has 6 nitrogen and oxygen atoms in total. The number of fused-ring (bicyclic) bond motifs is 1. The first-order chi connectivity index (χ1) is 13.8. The van der Waals surface area contributed by atoms with Gasteiger partial charge >= 0.3 is 0 Å². The van der Waals surface area contributed by atoms with E-state index in [1.807, 2.05) is 42.6 Å². The lowest BCUT2D eigenvalue weighted by molar-refractivity contribution is 0.236. The minimum atomic E-state index is 0.188. The summed E-state index contributed by atoms with van der Waals surface area (Å²) in [6.45, 7) is 5.92. The molecular weight excluding hydrogens is 352 g/mol. The Morgan fingerprint density at radius 1 is 0.929 bits per heavy atom. The number of phenolic OH excluding ortho intramolecular Hbond substituents is 1. The van der Waals surface area contributed by atoms with Crippen molar-refractivity contribution in [2.24, 2.45) is 0 Å². The van der Waals surface area contributed by atoms with Crippen LogP contribution in [-0.2, 0) is 0 Å². The van der Waals surface area contributed by atoms with Gasteiger partial charge in [0.25, 0.3) is 0 Å². The van der Waals surface area contributed by atoms with Crippen molar-refractivity contribution in [1.29, 1.82) is 0 Å². The molecule has 0 spiro atoms. The van der Waals surface area contributed by atoms with Crippen LogP contribution in [0.4, 0.5) is 5.82 Å². The quantitative estimate of drug-likeness (QED) is 0.637. The molecule has 0 bridgehead atoms. The zero-order valence-corrected chi connectivity index (χ0v) is 16.0. The summed E-state index contributed by atoms with van der Waals surface area (Å²) < 4.78 is 5.78. The Morgan fingerprint density at radius 3 is 2.64 bits per heavy atom. The van der Waals surface area contributed by atoms with Crippen molar-refractivity contribution in [3.8, 4) is 11.6 Å². The fourth-order valence-electron chi connectivity index (χ4n) is 3.55. The van der Waals surface area contributed by atoms with E-state index in [2.05, 4.69) is 25.8 Å². The molecule has 1 aliphatic heterocycles. The van der Waals surface area contributed by atoms with Gasteiger partial charge in [-0.3, -0.25) is 4.90 Å². The van der Waals surface area contributed by atoms with Crippen LogP contribution in [0.2, 0.25) is 0 Å². The number of pyridine rings is 2. The van der Waals surface area contributed by atoms with Crippen LogP contribution in [-0.4, -0.2) is 59.3 Å². The van der Waals surface area contributed by atoms with Crippen molar-refractivity contribution in [2.75, 3.05) is 44.2 Å². The summed E-state index contributed by atoms with van der Waals surface area (Å²) in [5.74, 6) is 1.83. The van der Waals surface area contributed by atoms with Crippen molar-refractivity contribution >= 4 is 16.7 Å². The molecule has 146 valence electrons. The van der Waals surface area contributed by atoms with Gasteiger partial charge in [0.2, 0.25) is 5.88 Å². The highest BCUT2D eigenvalue weighted by Gasteiger charge is 2.17. The molecule has 0 aliphatic carbocycles. The van der Waals surface area contributed by atoms with E-state index >= 15 is 0 Å². The molecule has 28 heavy (non-hydrogen) atoms. The third-order valence-corrected chi connectivity index (χ3v) is 5.14. The van der Waals surface area contributed by atoms with E-state index in [0.717, 1.165) is 56.8 Å². The van der Waals surface area contributed by atoms with E-state index in [0.29, 0.717) is 18.0 Å². The van der Waals surface area contributed by atoms with Crippen LogP contribution < -0.4 is 9.64 Å². The lowest BCUT2D eigenvalue weighted by Gasteiger charge is -2.35. The van der Waals surface area contributed by atoms with Crippen LogP contribution in [0.1, 0.15) is 12.8 Å². The third-order valence-electron chi connectivity index (χ3n) is 5.14. The molecule has 1 fully saturated rings. The van der Waals surface area contributed by atoms with Crippen LogP contribution in [0.5, 0.6) is 11.6 Å². The summed E-state index contributed by atoms with van der Waals surface area (Å²) >= 11 is 0. The smallest absolute Gasteiger partial charge is 0.213 e. The maximum absolute atomic E-state index is 9.91. The van der Waals surface area contributed by atoms with E-state index in [1.165, 1.54) is 0 Å². The Kier molecular flexibility index (Phi) is 5.87. The Morgan fingerprint density at radius 2 is 1.82 bits per heavy atom. The normalized spacial score (nSPS) is 15.1. The molecule has 1 saturated heterocycles. The topological polar surface area (TPSA) is 61.7 Å². The number of piperazine rings is 1. The maximum atomic E-state index is 9.91. The average Bonchev–Trinajstić information content (AvgIpc) is 2.75. The number of hydrogen-bond acceptors (Lipinski definition) is 6. The van der Waals surface area contributed by atoms with Crippen molar-refractivity contribution in [3.63, 3.8) is 0 Å². The van der Waals surface area contributed by atoms with E-state index in [4.69, 9.17) is 4.74 Å². The zero-order valence-electron chi connectivity index (χ0n) is 16.0. The number of nitrogens with zero attached hydrogens (tertiary/aromatic N) is 4. The highest BCUT2D eigenvalue weighted by atomic mass is 16.5. The van der Waals surface area contributed by atoms with Gasteiger partial charge in [0.05, 0.1) is 6.61 Å². The summed E-state index contributed by atoms with van der Waals surface area (Å²) in [6, 6.07) is 15.3. The van der Waals surface area contributed by atoms with Gasteiger partial charge < -0.3 is 14.7 Å². The first kappa shape index (κ1) is 18.5. The first-order valence-corrected chi connectivity index (χ1v) is 9.89. The van der Waals surface area contributed by atoms with Crippen LogP contribution in [0.25, 0.3) is 10.9 Å². The highest BCUT2D eigenvalue weighted by molar-refractivity contribution is 5.84. The molecule has 3 heterocycles. The Balaban J connectivity index is 1.16. The summed E-state index contributed by atoms with van der Waals surface area (Å²) in [5, 5.41) is 10.8. The molecule has 2 aromatic heterocycles. The molecular formula is C22H26N4O2. The highest BCUT2D eigenvalue weighted by Crippen LogP contribution is 2.24. The van der Waals surface area contributed by atoms with Crippen molar-refractivity contribution < 1.29 is 9.84 Å². The molecule has 0 atom stereocenters. The number of anilines is 1. The molecule has 1 aliphatic rings. The minimum absolute atomic E-state index is 0.188. The monoisotopic (exact) mass is 378 g/mol. The van der Waals surface area contributed by atoms with Gasteiger partial charge in [-0.1, -0.05) is 18.2 Å². The number of phenols is 1. The van der Waals surface area contributed by atoms with E-state index in [1.54, 1.807) is 6.07 Å². The van der Waals surface area contributed by atoms with Gasteiger partial charge in [0.15, 0.2) is 0 Å². The SMILES string of the molecule is Oc1cccc2ccc(OCCCCN3CCN(c4ccccn4)CC3)nc12. The molecule has 4 rings (SSSR count). The number of benzene rings is 1. The number of rotatable bonds is 7. The summed E-state index contributed by atoms with van der Waals surface area (Å²) in [4.78, 5) is 13.7. The average molecular weight is 378 g/mol. The van der Waals surface area contributed by atoms with E-state index in [-0.39, 0.29) is 5.75 Å². The van der Waals surface area contributed by atoms with Crippen LogP contribution in [0.3, 0.4) is 0 Å².